The van der Waals surface area contributed by atoms with E-state index in [1.807, 2.05) is 24.3 Å². The number of hydrogen-bond acceptors (Lipinski definition) is 1. The number of ether oxygens (including phenoxy) is 1. The summed E-state index contributed by atoms with van der Waals surface area (Å²) < 4.78 is 5.62. The molecule has 0 bridgehead atoms. The average molecular weight is 200 g/mol. The van der Waals surface area contributed by atoms with Gasteiger partial charge in [-0.2, -0.15) is 0 Å². The molecule has 78 valence electrons. The second-order valence-electron chi connectivity index (χ2n) is 3.79. The smallest absolute Gasteiger partial charge is 0.0822 e. The molecule has 1 fully saturated rings. The summed E-state index contributed by atoms with van der Waals surface area (Å²) in [5.41, 5.74) is 1.22. The average Bonchev–Trinajstić information content (AvgIpc) is 2.75. The van der Waals surface area contributed by atoms with Crippen molar-refractivity contribution in [1.82, 2.24) is 0 Å². The number of hydrogen-bond donors (Lipinski definition) is 0. The van der Waals surface area contributed by atoms with Crippen molar-refractivity contribution in [3.05, 3.63) is 54.6 Å². The van der Waals surface area contributed by atoms with Crippen LogP contribution in [0.25, 0.3) is 6.08 Å². The van der Waals surface area contributed by atoms with E-state index in [2.05, 4.69) is 30.9 Å². The van der Waals surface area contributed by atoms with Crippen LogP contribution in [0.4, 0.5) is 0 Å². The summed E-state index contributed by atoms with van der Waals surface area (Å²) in [6, 6.07) is 10.3. The molecule has 0 saturated carbocycles. The molecule has 1 aliphatic heterocycles. The highest BCUT2D eigenvalue weighted by Gasteiger charge is 2.22. The molecule has 15 heavy (non-hydrogen) atoms. The third-order valence-corrected chi connectivity index (χ3v) is 2.76. The van der Waals surface area contributed by atoms with Gasteiger partial charge < -0.3 is 4.74 Å². The van der Waals surface area contributed by atoms with Crippen molar-refractivity contribution in [2.45, 2.75) is 12.5 Å². The van der Waals surface area contributed by atoms with Gasteiger partial charge in [0.15, 0.2) is 0 Å². The number of benzene rings is 1. The van der Waals surface area contributed by atoms with Crippen LogP contribution in [0.5, 0.6) is 0 Å². The minimum atomic E-state index is 0.211. The minimum absolute atomic E-state index is 0.211. The predicted molar refractivity (Wildman–Crippen MR) is 63.5 cm³/mol. The Bertz CT molecular complexity index is 340. The fraction of sp³-hybridized carbons (Fsp3) is 0.286. The highest BCUT2D eigenvalue weighted by atomic mass is 16.5. The Hall–Kier alpha value is -1.34. The standard InChI is InChI=1S/C14H16O/c1-2-13-10-11-15-14(13)9-8-12-6-4-3-5-7-12/h2-9,13-14H,1,10-11H2/b9-8+/t13-,14-/m0/s1. The van der Waals surface area contributed by atoms with E-state index in [1.165, 1.54) is 5.56 Å². The molecule has 1 aromatic carbocycles. The van der Waals surface area contributed by atoms with Crippen molar-refractivity contribution < 1.29 is 4.74 Å². The maximum atomic E-state index is 5.62. The van der Waals surface area contributed by atoms with Crippen molar-refractivity contribution in [2.75, 3.05) is 6.61 Å². The van der Waals surface area contributed by atoms with E-state index in [4.69, 9.17) is 4.74 Å². The van der Waals surface area contributed by atoms with E-state index in [9.17, 15) is 0 Å². The first-order valence-electron chi connectivity index (χ1n) is 5.37. The van der Waals surface area contributed by atoms with Gasteiger partial charge in [-0.1, -0.05) is 48.6 Å². The maximum Gasteiger partial charge on any atom is 0.0822 e. The zero-order chi connectivity index (χ0) is 10.5. The Balaban J connectivity index is 2.02. The zero-order valence-electron chi connectivity index (χ0n) is 8.80. The van der Waals surface area contributed by atoms with Crippen molar-refractivity contribution in [3.63, 3.8) is 0 Å². The minimum Gasteiger partial charge on any atom is -0.374 e. The third-order valence-electron chi connectivity index (χ3n) is 2.76. The van der Waals surface area contributed by atoms with E-state index >= 15 is 0 Å². The lowest BCUT2D eigenvalue weighted by Gasteiger charge is -2.09. The number of rotatable bonds is 3. The van der Waals surface area contributed by atoms with Gasteiger partial charge in [-0.05, 0) is 12.0 Å². The summed E-state index contributed by atoms with van der Waals surface area (Å²) in [5.74, 6) is 0.477. The van der Waals surface area contributed by atoms with Crippen LogP contribution >= 0.6 is 0 Å². The molecule has 2 atom stereocenters. The fourth-order valence-corrected chi connectivity index (χ4v) is 1.85. The lowest BCUT2D eigenvalue weighted by Crippen LogP contribution is -2.09. The Kier molecular flexibility index (Phi) is 3.36. The first kappa shape index (κ1) is 10.2. The van der Waals surface area contributed by atoms with Crippen molar-refractivity contribution >= 4 is 6.08 Å². The molecule has 0 amide bonds. The molecule has 1 saturated heterocycles. The van der Waals surface area contributed by atoms with Crippen LogP contribution in [-0.2, 0) is 4.74 Å². The van der Waals surface area contributed by atoms with Gasteiger partial charge >= 0.3 is 0 Å². The van der Waals surface area contributed by atoms with Crippen LogP contribution in [0, 0.1) is 5.92 Å². The molecule has 0 aromatic heterocycles. The van der Waals surface area contributed by atoms with Gasteiger partial charge in [0.2, 0.25) is 0 Å². The predicted octanol–water partition coefficient (Wildman–Crippen LogP) is 3.29. The first-order chi connectivity index (χ1) is 7.40. The summed E-state index contributed by atoms with van der Waals surface area (Å²) >= 11 is 0. The largest absolute Gasteiger partial charge is 0.374 e. The molecule has 0 unspecified atom stereocenters. The Morgan fingerprint density at radius 2 is 2.07 bits per heavy atom. The Labute approximate surface area is 91.1 Å². The van der Waals surface area contributed by atoms with Crippen LogP contribution < -0.4 is 0 Å². The second-order valence-corrected chi connectivity index (χ2v) is 3.79. The molecule has 0 N–H and O–H groups in total. The third kappa shape index (κ3) is 2.57. The molecule has 1 aromatic rings. The van der Waals surface area contributed by atoms with Crippen LogP contribution in [0.1, 0.15) is 12.0 Å². The maximum absolute atomic E-state index is 5.62. The van der Waals surface area contributed by atoms with E-state index < -0.39 is 0 Å². The van der Waals surface area contributed by atoms with Crippen LogP contribution in [-0.4, -0.2) is 12.7 Å². The zero-order valence-corrected chi connectivity index (χ0v) is 8.80. The van der Waals surface area contributed by atoms with Gasteiger partial charge in [-0.15, -0.1) is 6.58 Å². The van der Waals surface area contributed by atoms with Gasteiger partial charge in [0.25, 0.3) is 0 Å². The van der Waals surface area contributed by atoms with Crippen molar-refractivity contribution in [2.24, 2.45) is 5.92 Å². The van der Waals surface area contributed by atoms with Gasteiger partial charge in [0, 0.05) is 12.5 Å². The summed E-state index contributed by atoms with van der Waals surface area (Å²) in [5, 5.41) is 0. The normalized spacial score (nSPS) is 25.9. The topological polar surface area (TPSA) is 9.23 Å². The fourth-order valence-electron chi connectivity index (χ4n) is 1.85. The summed E-state index contributed by atoms with van der Waals surface area (Å²) in [6.45, 7) is 4.68. The molecule has 2 rings (SSSR count). The Morgan fingerprint density at radius 3 is 2.80 bits per heavy atom. The monoisotopic (exact) mass is 200 g/mol. The highest BCUT2D eigenvalue weighted by molar-refractivity contribution is 5.49. The van der Waals surface area contributed by atoms with Crippen LogP contribution in [0.3, 0.4) is 0 Å². The molecule has 0 aliphatic carbocycles. The van der Waals surface area contributed by atoms with Crippen LogP contribution in [0.2, 0.25) is 0 Å². The molecule has 0 spiro atoms. The first-order valence-corrected chi connectivity index (χ1v) is 5.37. The van der Waals surface area contributed by atoms with Crippen molar-refractivity contribution in [3.8, 4) is 0 Å². The molecular formula is C14H16O. The van der Waals surface area contributed by atoms with Gasteiger partial charge in [0.1, 0.15) is 0 Å². The molecule has 1 heterocycles. The Morgan fingerprint density at radius 1 is 1.27 bits per heavy atom. The van der Waals surface area contributed by atoms with Crippen molar-refractivity contribution in [1.29, 1.82) is 0 Å². The summed E-state index contributed by atoms with van der Waals surface area (Å²) in [4.78, 5) is 0. The SMILES string of the molecule is C=C[C@H]1CCO[C@H]1/C=C/c1ccccc1. The van der Waals surface area contributed by atoms with E-state index in [1.54, 1.807) is 0 Å². The quantitative estimate of drug-likeness (QED) is 0.680. The highest BCUT2D eigenvalue weighted by Crippen LogP contribution is 2.23. The molecule has 1 heteroatoms. The molecule has 1 nitrogen and oxygen atoms in total. The van der Waals surface area contributed by atoms with Gasteiger partial charge in [0.05, 0.1) is 6.10 Å². The van der Waals surface area contributed by atoms with E-state index in [0.717, 1.165) is 13.0 Å². The van der Waals surface area contributed by atoms with Gasteiger partial charge in [-0.3, -0.25) is 0 Å². The lowest BCUT2D eigenvalue weighted by atomic mass is 10.0. The lowest BCUT2D eigenvalue weighted by molar-refractivity contribution is 0.136. The molecule has 1 aliphatic rings. The summed E-state index contributed by atoms with van der Waals surface area (Å²) in [7, 11) is 0. The van der Waals surface area contributed by atoms with E-state index in [-0.39, 0.29) is 6.10 Å². The summed E-state index contributed by atoms with van der Waals surface area (Å²) in [6.07, 6.45) is 7.55. The van der Waals surface area contributed by atoms with Gasteiger partial charge in [-0.25, -0.2) is 0 Å². The van der Waals surface area contributed by atoms with E-state index in [0.29, 0.717) is 5.92 Å². The molecular weight excluding hydrogens is 184 g/mol. The second kappa shape index (κ2) is 4.94. The van der Waals surface area contributed by atoms with Crippen LogP contribution in [0.15, 0.2) is 49.1 Å². The molecule has 0 radical (unpaired) electrons.